The van der Waals surface area contributed by atoms with Gasteiger partial charge >= 0.3 is 0 Å². The van der Waals surface area contributed by atoms with Gasteiger partial charge in [0.05, 0.1) is 18.6 Å². The summed E-state index contributed by atoms with van der Waals surface area (Å²) in [5.74, 6) is -0.765. The number of fused-ring (bicyclic) bond motifs is 2. The molecule has 9 nitrogen and oxygen atoms in total. The van der Waals surface area contributed by atoms with Crippen molar-refractivity contribution in [2.24, 2.45) is 0 Å². The van der Waals surface area contributed by atoms with Crippen molar-refractivity contribution in [1.82, 2.24) is 30.4 Å². The second-order valence-corrected chi connectivity index (χ2v) is 9.60. The van der Waals surface area contributed by atoms with E-state index in [9.17, 15) is 22.8 Å². The van der Waals surface area contributed by atoms with E-state index in [2.05, 4.69) is 15.7 Å². The number of hydrogen-bond donors (Lipinski definition) is 2. The van der Waals surface area contributed by atoms with Crippen molar-refractivity contribution in [3.8, 4) is 0 Å². The van der Waals surface area contributed by atoms with Crippen LogP contribution in [0, 0.1) is 12.7 Å². The number of aryl methyl sites for hydroxylation is 1. The first-order valence-electron chi connectivity index (χ1n) is 12.9. The SMILES string of the molecule is CCNCCN(C(=O)CNCC(=O)N(C)N1Cc2ccc(F)cc2C1)c1cc2nn(CC(F)F)cc2cc1C. The number of hydrogen-bond acceptors (Lipinski definition) is 6. The smallest absolute Gasteiger partial charge is 0.257 e. The first-order chi connectivity index (χ1) is 18.7. The van der Waals surface area contributed by atoms with Gasteiger partial charge < -0.3 is 10.2 Å². The molecule has 0 bridgehead atoms. The maximum absolute atomic E-state index is 13.5. The van der Waals surface area contributed by atoms with Gasteiger partial charge in [-0.15, -0.1) is 0 Å². The number of halogens is 3. The number of nitrogens with zero attached hydrogens (tertiary/aromatic N) is 5. The van der Waals surface area contributed by atoms with Gasteiger partial charge in [-0.2, -0.15) is 5.10 Å². The Morgan fingerprint density at radius 2 is 1.82 bits per heavy atom. The van der Waals surface area contributed by atoms with Crippen LogP contribution in [0.2, 0.25) is 0 Å². The average Bonchev–Trinajstić information content (AvgIpc) is 3.47. The summed E-state index contributed by atoms with van der Waals surface area (Å²) in [7, 11) is 1.66. The summed E-state index contributed by atoms with van der Waals surface area (Å²) in [6, 6.07) is 8.19. The molecule has 0 atom stereocenters. The molecule has 210 valence electrons. The van der Waals surface area contributed by atoms with Gasteiger partial charge in [-0.3, -0.25) is 24.6 Å². The lowest BCUT2D eigenvalue weighted by Crippen LogP contribution is -2.47. The van der Waals surface area contributed by atoms with Gasteiger partial charge in [-0.25, -0.2) is 18.2 Å². The average molecular weight is 546 g/mol. The van der Waals surface area contributed by atoms with E-state index in [0.29, 0.717) is 37.4 Å². The van der Waals surface area contributed by atoms with E-state index < -0.39 is 13.0 Å². The lowest BCUT2D eigenvalue weighted by Gasteiger charge is -2.28. The van der Waals surface area contributed by atoms with Crippen LogP contribution in [0.25, 0.3) is 10.9 Å². The molecule has 3 aromatic rings. The van der Waals surface area contributed by atoms with Crippen molar-refractivity contribution in [3.63, 3.8) is 0 Å². The number of alkyl halides is 2. The molecule has 0 unspecified atom stereocenters. The van der Waals surface area contributed by atoms with Crippen LogP contribution in [0.15, 0.2) is 36.5 Å². The van der Waals surface area contributed by atoms with Gasteiger partial charge in [0.2, 0.25) is 5.91 Å². The zero-order valence-electron chi connectivity index (χ0n) is 22.4. The summed E-state index contributed by atoms with van der Waals surface area (Å²) < 4.78 is 40.4. The quantitative estimate of drug-likeness (QED) is 0.341. The zero-order chi connectivity index (χ0) is 28.1. The molecule has 0 radical (unpaired) electrons. The van der Waals surface area contributed by atoms with E-state index >= 15 is 0 Å². The summed E-state index contributed by atoms with van der Waals surface area (Å²) in [4.78, 5) is 27.7. The van der Waals surface area contributed by atoms with Gasteiger partial charge in [0.1, 0.15) is 12.4 Å². The van der Waals surface area contributed by atoms with E-state index in [1.165, 1.54) is 21.8 Å². The Balaban J connectivity index is 1.39. The van der Waals surface area contributed by atoms with E-state index in [0.717, 1.165) is 28.6 Å². The fourth-order valence-electron chi connectivity index (χ4n) is 4.70. The summed E-state index contributed by atoms with van der Waals surface area (Å²) in [5, 5.41) is 14.4. The van der Waals surface area contributed by atoms with Crippen LogP contribution in [-0.2, 0) is 29.2 Å². The molecule has 0 saturated heterocycles. The Morgan fingerprint density at radius 3 is 2.56 bits per heavy atom. The Kier molecular flexibility index (Phi) is 9.20. The molecule has 39 heavy (non-hydrogen) atoms. The molecule has 1 aromatic heterocycles. The van der Waals surface area contributed by atoms with Crippen LogP contribution in [0.4, 0.5) is 18.9 Å². The second-order valence-electron chi connectivity index (χ2n) is 9.60. The third kappa shape index (κ3) is 6.94. The molecule has 1 aliphatic rings. The normalized spacial score (nSPS) is 13.3. The van der Waals surface area contributed by atoms with Gasteiger partial charge in [-0.1, -0.05) is 13.0 Å². The molecule has 0 fully saturated rings. The minimum absolute atomic E-state index is 0.0550. The number of aromatic nitrogens is 2. The van der Waals surface area contributed by atoms with Crippen LogP contribution in [0.3, 0.4) is 0 Å². The Hall–Kier alpha value is -3.48. The minimum Gasteiger partial charge on any atom is -0.315 e. The zero-order valence-corrected chi connectivity index (χ0v) is 22.4. The molecular formula is C27H34F3N7O2. The second kappa shape index (κ2) is 12.6. The van der Waals surface area contributed by atoms with Crippen LogP contribution in [-0.4, -0.2) is 77.8 Å². The predicted molar refractivity (Wildman–Crippen MR) is 143 cm³/mol. The van der Waals surface area contributed by atoms with Gasteiger partial charge in [-0.05, 0) is 54.4 Å². The lowest BCUT2D eigenvalue weighted by molar-refractivity contribution is -0.145. The Morgan fingerprint density at radius 1 is 1.08 bits per heavy atom. The monoisotopic (exact) mass is 545 g/mol. The van der Waals surface area contributed by atoms with E-state index in [4.69, 9.17) is 0 Å². The van der Waals surface area contributed by atoms with Crippen LogP contribution < -0.4 is 15.5 Å². The Labute approximate surface area is 225 Å². The largest absolute Gasteiger partial charge is 0.315 e. The standard InChI is InChI=1S/C27H34F3N7O2/c1-4-31-7-8-37(24-11-23-21(9-18(24)2)14-35(33-23)17-25(29)30)27(39)13-32-12-26(38)34(3)36-15-19-5-6-22(28)10-20(19)16-36/h5-6,9-11,14,25,31-32H,4,7-8,12-13,15-17H2,1-3H3. The number of rotatable bonds is 12. The number of likely N-dealkylation sites (N-methyl/N-ethyl adjacent to an activating group) is 2. The first-order valence-corrected chi connectivity index (χ1v) is 12.9. The summed E-state index contributed by atoms with van der Waals surface area (Å²) in [6.07, 6.45) is -0.947. The highest BCUT2D eigenvalue weighted by molar-refractivity contribution is 5.98. The third-order valence-corrected chi connectivity index (χ3v) is 6.76. The molecule has 12 heteroatoms. The molecule has 1 aliphatic heterocycles. The number of benzene rings is 2. The van der Waals surface area contributed by atoms with E-state index in [-0.39, 0.29) is 30.7 Å². The number of nitrogens with one attached hydrogen (secondary N) is 2. The summed E-state index contributed by atoms with van der Waals surface area (Å²) in [6.45, 7) is 5.81. The van der Waals surface area contributed by atoms with Crippen molar-refractivity contribution in [2.45, 2.75) is 39.9 Å². The number of anilines is 1. The maximum Gasteiger partial charge on any atom is 0.257 e. The molecule has 0 saturated carbocycles. The fraction of sp³-hybridized carbons (Fsp3) is 0.444. The highest BCUT2D eigenvalue weighted by Crippen LogP contribution is 2.27. The van der Waals surface area contributed by atoms with Crippen molar-refractivity contribution >= 4 is 28.4 Å². The number of carbonyl (C=O) groups is 2. The highest BCUT2D eigenvalue weighted by Gasteiger charge is 2.26. The van der Waals surface area contributed by atoms with Crippen molar-refractivity contribution in [2.75, 3.05) is 44.7 Å². The number of carbonyl (C=O) groups excluding carboxylic acids is 2. The molecule has 2 aromatic carbocycles. The molecule has 2 heterocycles. The first kappa shape index (κ1) is 28.5. The fourth-order valence-corrected chi connectivity index (χ4v) is 4.70. The molecular weight excluding hydrogens is 511 g/mol. The molecule has 4 rings (SSSR count). The van der Waals surface area contributed by atoms with Crippen molar-refractivity contribution < 1.29 is 22.8 Å². The Bertz CT molecular complexity index is 1330. The summed E-state index contributed by atoms with van der Waals surface area (Å²) >= 11 is 0. The predicted octanol–water partition coefficient (Wildman–Crippen LogP) is 2.67. The summed E-state index contributed by atoms with van der Waals surface area (Å²) in [5.41, 5.74) is 3.79. The molecule has 0 spiro atoms. The van der Waals surface area contributed by atoms with Crippen LogP contribution in [0.5, 0.6) is 0 Å². The van der Waals surface area contributed by atoms with E-state index in [1.54, 1.807) is 30.3 Å². The number of amides is 2. The maximum atomic E-state index is 13.5. The molecule has 2 N–H and O–H groups in total. The topological polar surface area (TPSA) is 85.7 Å². The highest BCUT2D eigenvalue weighted by atomic mass is 19.3. The van der Waals surface area contributed by atoms with Gasteiger partial charge in [0, 0.05) is 50.5 Å². The molecule has 2 amide bonds. The number of hydrazine groups is 1. The van der Waals surface area contributed by atoms with Crippen molar-refractivity contribution in [1.29, 1.82) is 0 Å². The molecule has 0 aliphatic carbocycles. The minimum atomic E-state index is -2.52. The van der Waals surface area contributed by atoms with Gasteiger partial charge in [0.15, 0.2) is 0 Å². The van der Waals surface area contributed by atoms with Crippen LogP contribution >= 0.6 is 0 Å². The van der Waals surface area contributed by atoms with Gasteiger partial charge in [0.25, 0.3) is 12.3 Å². The van der Waals surface area contributed by atoms with Crippen molar-refractivity contribution in [3.05, 3.63) is 59.0 Å². The van der Waals surface area contributed by atoms with Crippen LogP contribution in [0.1, 0.15) is 23.6 Å². The van der Waals surface area contributed by atoms with E-state index in [1.807, 2.05) is 24.9 Å². The third-order valence-electron chi connectivity index (χ3n) is 6.76. The lowest BCUT2D eigenvalue weighted by atomic mass is 10.1.